The number of benzene rings is 3. The first kappa shape index (κ1) is 19.1. The van der Waals surface area contributed by atoms with Gasteiger partial charge in [0.05, 0.1) is 4.92 Å². The Hall–Kier alpha value is -3.67. The Labute approximate surface area is 162 Å². The van der Waals surface area contributed by atoms with Gasteiger partial charge in [-0.05, 0) is 48.7 Å². The molecule has 0 aliphatic carbocycles. The quantitative estimate of drug-likeness (QED) is 0.490. The van der Waals surface area contributed by atoms with E-state index in [-0.39, 0.29) is 18.2 Å². The molecule has 1 amide bonds. The van der Waals surface area contributed by atoms with E-state index in [1.54, 1.807) is 6.92 Å². The van der Waals surface area contributed by atoms with Gasteiger partial charge in [0.25, 0.3) is 11.6 Å². The fourth-order valence-electron chi connectivity index (χ4n) is 2.73. The van der Waals surface area contributed by atoms with Crippen molar-refractivity contribution in [2.24, 2.45) is 0 Å². The SMILES string of the molecule is Cc1ccc(-c2ccc(OCC(=O)Nc3ccc([N+](=O)[O-])cc3C)cc2)cc1. The lowest BCUT2D eigenvalue weighted by Gasteiger charge is -2.10. The lowest BCUT2D eigenvalue weighted by molar-refractivity contribution is -0.384. The summed E-state index contributed by atoms with van der Waals surface area (Å²) in [5.41, 5.74) is 4.51. The van der Waals surface area contributed by atoms with Gasteiger partial charge in [-0.25, -0.2) is 0 Å². The summed E-state index contributed by atoms with van der Waals surface area (Å²) in [6, 6.07) is 20.1. The number of ether oxygens (including phenoxy) is 1. The molecule has 0 aromatic heterocycles. The highest BCUT2D eigenvalue weighted by Gasteiger charge is 2.11. The Morgan fingerprint density at radius 1 is 0.964 bits per heavy atom. The highest BCUT2D eigenvalue weighted by atomic mass is 16.6. The second kappa shape index (κ2) is 8.35. The van der Waals surface area contributed by atoms with Crippen molar-refractivity contribution < 1.29 is 14.5 Å². The molecule has 0 radical (unpaired) electrons. The number of amides is 1. The Kier molecular flexibility index (Phi) is 5.69. The molecule has 0 spiro atoms. The van der Waals surface area contributed by atoms with Crippen molar-refractivity contribution in [2.75, 3.05) is 11.9 Å². The molecule has 0 bridgehead atoms. The average Bonchev–Trinajstić information content (AvgIpc) is 2.69. The van der Waals surface area contributed by atoms with Crippen LogP contribution in [-0.2, 0) is 4.79 Å². The first-order valence-electron chi connectivity index (χ1n) is 8.77. The highest BCUT2D eigenvalue weighted by molar-refractivity contribution is 5.92. The zero-order valence-corrected chi connectivity index (χ0v) is 15.6. The van der Waals surface area contributed by atoms with Crippen molar-refractivity contribution in [3.8, 4) is 16.9 Å². The van der Waals surface area contributed by atoms with Gasteiger partial charge in [-0.1, -0.05) is 42.0 Å². The predicted molar refractivity (Wildman–Crippen MR) is 109 cm³/mol. The summed E-state index contributed by atoms with van der Waals surface area (Å²) >= 11 is 0. The van der Waals surface area contributed by atoms with E-state index in [4.69, 9.17) is 4.74 Å². The number of carbonyl (C=O) groups excluding carboxylic acids is 1. The van der Waals surface area contributed by atoms with Crippen LogP contribution in [0.2, 0.25) is 0 Å². The van der Waals surface area contributed by atoms with Crippen LogP contribution >= 0.6 is 0 Å². The van der Waals surface area contributed by atoms with Crippen molar-refractivity contribution >= 4 is 17.3 Å². The molecular formula is C22H20N2O4. The molecule has 3 aromatic carbocycles. The first-order valence-corrected chi connectivity index (χ1v) is 8.77. The average molecular weight is 376 g/mol. The summed E-state index contributed by atoms with van der Waals surface area (Å²) in [7, 11) is 0. The number of nitrogens with one attached hydrogen (secondary N) is 1. The number of non-ortho nitro benzene ring substituents is 1. The Morgan fingerprint density at radius 2 is 1.57 bits per heavy atom. The summed E-state index contributed by atoms with van der Waals surface area (Å²) in [5, 5.41) is 13.5. The van der Waals surface area contributed by atoms with Crippen LogP contribution in [0.1, 0.15) is 11.1 Å². The van der Waals surface area contributed by atoms with Crippen LogP contribution in [0.5, 0.6) is 5.75 Å². The van der Waals surface area contributed by atoms with E-state index < -0.39 is 4.92 Å². The Balaban J connectivity index is 1.57. The maximum Gasteiger partial charge on any atom is 0.269 e. The minimum Gasteiger partial charge on any atom is -0.484 e. The number of nitrogens with zero attached hydrogens (tertiary/aromatic N) is 1. The van der Waals surface area contributed by atoms with E-state index in [0.29, 0.717) is 17.0 Å². The monoisotopic (exact) mass is 376 g/mol. The molecule has 0 saturated carbocycles. The van der Waals surface area contributed by atoms with E-state index in [1.807, 2.05) is 31.2 Å². The molecule has 28 heavy (non-hydrogen) atoms. The van der Waals surface area contributed by atoms with Gasteiger partial charge in [-0.15, -0.1) is 0 Å². The van der Waals surface area contributed by atoms with E-state index in [1.165, 1.54) is 23.8 Å². The number of aryl methyl sites for hydroxylation is 2. The molecule has 0 saturated heterocycles. The van der Waals surface area contributed by atoms with Gasteiger partial charge in [0.15, 0.2) is 6.61 Å². The number of hydrogen-bond acceptors (Lipinski definition) is 4. The fourth-order valence-corrected chi connectivity index (χ4v) is 2.73. The molecule has 0 aliphatic heterocycles. The van der Waals surface area contributed by atoms with Crippen molar-refractivity contribution in [3.05, 3.63) is 88.0 Å². The van der Waals surface area contributed by atoms with Crippen LogP contribution in [0.3, 0.4) is 0 Å². The van der Waals surface area contributed by atoms with Crippen molar-refractivity contribution in [3.63, 3.8) is 0 Å². The van der Waals surface area contributed by atoms with Gasteiger partial charge in [0.1, 0.15) is 5.75 Å². The van der Waals surface area contributed by atoms with Gasteiger partial charge in [-0.2, -0.15) is 0 Å². The Morgan fingerprint density at radius 3 is 2.14 bits per heavy atom. The molecule has 6 nitrogen and oxygen atoms in total. The molecule has 0 unspecified atom stereocenters. The predicted octanol–water partition coefficient (Wildman–Crippen LogP) is 4.90. The summed E-state index contributed by atoms with van der Waals surface area (Å²) in [6.07, 6.45) is 0. The van der Waals surface area contributed by atoms with Crippen LogP contribution in [-0.4, -0.2) is 17.4 Å². The van der Waals surface area contributed by atoms with E-state index in [2.05, 4.69) is 29.6 Å². The molecule has 0 heterocycles. The lowest BCUT2D eigenvalue weighted by Crippen LogP contribution is -2.20. The lowest BCUT2D eigenvalue weighted by atomic mass is 10.0. The number of nitro benzene ring substituents is 1. The number of hydrogen-bond donors (Lipinski definition) is 1. The second-order valence-electron chi connectivity index (χ2n) is 6.48. The van der Waals surface area contributed by atoms with Gasteiger partial charge in [0, 0.05) is 17.8 Å². The molecular weight excluding hydrogens is 356 g/mol. The van der Waals surface area contributed by atoms with Crippen molar-refractivity contribution in [2.45, 2.75) is 13.8 Å². The first-order chi connectivity index (χ1) is 13.4. The summed E-state index contributed by atoms with van der Waals surface area (Å²) in [5.74, 6) is 0.256. The van der Waals surface area contributed by atoms with Crippen LogP contribution in [0.25, 0.3) is 11.1 Å². The van der Waals surface area contributed by atoms with Crippen LogP contribution in [0, 0.1) is 24.0 Å². The molecule has 0 fully saturated rings. The molecule has 3 rings (SSSR count). The zero-order chi connectivity index (χ0) is 20.1. The number of rotatable bonds is 6. The summed E-state index contributed by atoms with van der Waals surface area (Å²) < 4.78 is 5.53. The minimum absolute atomic E-state index is 0.0135. The molecule has 0 aliphatic rings. The minimum atomic E-state index is -0.470. The smallest absolute Gasteiger partial charge is 0.269 e. The van der Waals surface area contributed by atoms with Gasteiger partial charge in [0.2, 0.25) is 0 Å². The Bertz CT molecular complexity index is 996. The fraction of sp³-hybridized carbons (Fsp3) is 0.136. The van der Waals surface area contributed by atoms with Crippen LogP contribution < -0.4 is 10.1 Å². The van der Waals surface area contributed by atoms with Crippen molar-refractivity contribution in [1.29, 1.82) is 0 Å². The normalized spacial score (nSPS) is 10.4. The number of carbonyl (C=O) groups is 1. The van der Waals surface area contributed by atoms with Crippen molar-refractivity contribution in [1.82, 2.24) is 0 Å². The standard InChI is InChI=1S/C22H20N2O4/c1-15-3-5-17(6-4-15)18-7-10-20(11-8-18)28-14-22(25)23-21-12-9-19(24(26)27)13-16(21)2/h3-13H,14H2,1-2H3,(H,23,25). The van der Waals surface area contributed by atoms with Gasteiger partial charge < -0.3 is 10.1 Å². The maximum absolute atomic E-state index is 12.1. The maximum atomic E-state index is 12.1. The third-order valence-corrected chi connectivity index (χ3v) is 4.30. The van der Waals surface area contributed by atoms with Gasteiger partial charge in [-0.3, -0.25) is 14.9 Å². The molecule has 3 aromatic rings. The third-order valence-electron chi connectivity index (χ3n) is 4.30. The molecule has 6 heteroatoms. The summed E-state index contributed by atoms with van der Waals surface area (Å²) in [6.45, 7) is 3.59. The highest BCUT2D eigenvalue weighted by Crippen LogP contribution is 2.23. The van der Waals surface area contributed by atoms with E-state index >= 15 is 0 Å². The molecule has 1 N–H and O–H groups in total. The van der Waals surface area contributed by atoms with Crippen LogP contribution in [0.4, 0.5) is 11.4 Å². The van der Waals surface area contributed by atoms with E-state index in [9.17, 15) is 14.9 Å². The third kappa shape index (κ3) is 4.73. The summed E-state index contributed by atoms with van der Waals surface area (Å²) in [4.78, 5) is 22.4. The molecule has 0 atom stereocenters. The zero-order valence-electron chi connectivity index (χ0n) is 15.6. The second-order valence-corrected chi connectivity index (χ2v) is 6.48. The number of anilines is 1. The van der Waals surface area contributed by atoms with Crippen LogP contribution in [0.15, 0.2) is 66.7 Å². The largest absolute Gasteiger partial charge is 0.484 e. The topological polar surface area (TPSA) is 81.5 Å². The number of nitro groups is 1. The van der Waals surface area contributed by atoms with E-state index in [0.717, 1.165) is 11.1 Å². The van der Waals surface area contributed by atoms with Gasteiger partial charge >= 0.3 is 0 Å². The molecule has 142 valence electrons.